The Hall–Kier alpha value is -2.60. The Bertz CT molecular complexity index is 917. The van der Waals surface area contributed by atoms with Crippen molar-refractivity contribution in [3.8, 4) is 11.3 Å². The second-order valence-electron chi connectivity index (χ2n) is 5.75. The summed E-state index contributed by atoms with van der Waals surface area (Å²) in [6.45, 7) is 3.92. The van der Waals surface area contributed by atoms with E-state index in [1.807, 2.05) is 50.2 Å². The Morgan fingerprint density at radius 2 is 1.54 bits per heavy atom. The fourth-order valence-corrected chi connectivity index (χ4v) is 3.56. The van der Waals surface area contributed by atoms with Gasteiger partial charge in [0.15, 0.2) is 0 Å². The lowest BCUT2D eigenvalue weighted by Crippen LogP contribution is -2.13. The van der Waals surface area contributed by atoms with Gasteiger partial charge in [0, 0.05) is 23.5 Å². The first kappa shape index (κ1) is 16.3. The van der Waals surface area contributed by atoms with Gasteiger partial charge in [-0.15, -0.1) is 0 Å². The van der Waals surface area contributed by atoms with E-state index in [0.29, 0.717) is 11.4 Å². The van der Waals surface area contributed by atoms with E-state index in [1.54, 1.807) is 35.1 Å². The van der Waals surface area contributed by atoms with Crippen molar-refractivity contribution in [2.24, 2.45) is 0 Å². The van der Waals surface area contributed by atoms with Crippen molar-refractivity contribution in [2.75, 3.05) is 4.72 Å². The summed E-state index contributed by atoms with van der Waals surface area (Å²) < 4.78 is 30.0. The van der Waals surface area contributed by atoms with Gasteiger partial charge in [-0.1, -0.05) is 48.5 Å². The molecule has 0 unspecified atom stereocenters. The number of hydrogen-bond acceptors (Lipinski definition) is 3. The second-order valence-corrected chi connectivity index (χ2v) is 7.40. The summed E-state index contributed by atoms with van der Waals surface area (Å²) in [5.41, 5.74) is 1.74. The van der Waals surface area contributed by atoms with E-state index in [-0.39, 0.29) is 10.9 Å². The summed E-state index contributed by atoms with van der Waals surface area (Å²) in [5.74, 6) is 0. The molecule has 0 aliphatic heterocycles. The first-order chi connectivity index (χ1) is 11.5. The minimum absolute atomic E-state index is 0.0631. The minimum atomic E-state index is -3.74. The van der Waals surface area contributed by atoms with Crippen molar-refractivity contribution in [1.29, 1.82) is 0 Å². The molecule has 1 heterocycles. The van der Waals surface area contributed by atoms with Crippen LogP contribution in [0.1, 0.15) is 19.9 Å². The molecular formula is C18H19N3O2S. The quantitative estimate of drug-likeness (QED) is 0.765. The fourth-order valence-electron chi connectivity index (χ4n) is 2.35. The van der Waals surface area contributed by atoms with Crippen LogP contribution in [0.3, 0.4) is 0 Å². The number of aromatic nitrogens is 2. The van der Waals surface area contributed by atoms with E-state index in [9.17, 15) is 8.42 Å². The molecule has 0 radical (unpaired) electrons. The van der Waals surface area contributed by atoms with Gasteiger partial charge in [0.1, 0.15) is 10.6 Å². The highest BCUT2D eigenvalue weighted by Gasteiger charge is 2.24. The van der Waals surface area contributed by atoms with Crippen LogP contribution in [0.25, 0.3) is 11.3 Å². The van der Waals surface area contributed by atoms with Gasteiger partial charge in [-0.05, 0) is 26.0 Å². The lowest BCUT2D eigenvalue weighted by atomic mass is 10.2. The molecule has 0 aliphatic carbocycles. The van der Waals surface area contributed by atoms with Crippen molar-refractivity contribution in [1.82, 2.24) is 9.78 Å². The molecule has 0 saturated heterocycles. The van der Waals surface area contributed by atoms with Gasteiger partial charge in [-0.2, -0.15) is 5.10 Å². The highest BCUT2D eigenvalue weighted by molar-refractivity contribution is 7.92. The molecule has 0 amide bonds. The number of nitrogens with zero attached hydrogens (tertiary/aromatic N) is 2. The summed E-state index contributed by atoms with van der Waals surface area (Å²) in [6, 6.07) is 18.2. The van der Waals surface area contributed by atoms with Gasteiger partial charge in [0.05, 0.1) is 0 Å². The average molecular weight is 341 g/mol. The summed E-state index contributed by atoms with van der Waals surface area (Å²) in [4.78, 5) is 0.172. The Balaban J connectivity index is 2.09. The summed E-state index contributed by atoms with van der Waals surface area (Å²) in [6.07, 6.45) is 1.58. The molecule has 24 heavy (non-hydrogen) atoms. The van der Waals surface area contributed by atoms with E-state index < -0.39 is 10.0 Å². The van der Waals surface area contributed by atoms with Gasteiger partial charge < -0.3 is 0 Å². The number of sulfonamides is 1. The van der Waals surface area contributed by atoms with Crippen molar-refractivity contribution in [2.45, 2.75) is 24.8 Å². The zero-order chi connectivity index (χ0) is 17.2. The molecule has 2 aromatic carbocycles. The smallest absolute Gasteiger partial charge is 0.265 e. The molecule has 124 valence electrons. The summed E-state index contributed by atoms with van der Waals surface area (Å²) in [7, 11) is -3.74. The monoisotopic (exact) mass is 341 g/mol. The van der Waals surface area contributed by atoms with Crippen LogP contribution in [0.2, 0.25) is 0 Å². The molecule has 0 bridgehead atoms. The number of hydrogen-bond donors (Lipinski definition) is 1. The van der Waals surface area contributed by atoms with E-state index in [2.05, 4.69) is 9.82 Å². The van der Waals surface area contributed by atoms with Gasteiger partial charge in [0.25, 0.3) is 10.0 Å². The van der Waals surface area contributed by atoms with E-state index in [0.717, 1.165) is 5.56 Å². The molecule has 0 fully saturated rings. The van der Waals surface area contributed by atoms with E-state index in [4.69, 9.17) is 0 Å². The van der Waals surface area contributed by atoms with Gasteiger partial charge >= 0.3 is 0 Å². The normalized spacial score (nSPS) is 11.6. The molecule has 1 N–H and O–H groups in total. The standard InChI is InChI=1S/C18H19N3O2S/c1-14(2)21-13-17(18(19-21)15-9-5-3-6-10-15)24(22,23)20-16-11-7-4-8-12-16/h3-14,20H,1-2H3. The van der Waals surface area contributed by atoms with Crippen LogP contribution in [0.15, 0.2) is 71.8 Å². The molecule has 0 spiro atoms. The Kier molecular flexibility index (Phi) is 4.40. The topological polar surface area (TPSA) is 64.0 Å². The van der Waals surface area contributed by atoms with Gasteiger partial charge in [-0.25, -0.2) is 8.42 Å². The molecule has 0 atom stereocenters. The largest absolute Gasteiger partial charge is 0.280 e. The number of para-hydroxylation sites is 1. The van der Waals surface area contributed by atoms with Gasteiger partial charge in [0.2, 0.25) is 0 Å². The van der Waals surface area contributed by atoms with Crippen molar-refractivity contribution >= 4 is 15.7 Å². The summed E-state index contributed by atoms with van der Waals surface area (Å²) in [5, 5.41) is 4.49. The van der Waals surface area contributed by atoms with Gasteiger partial charge in [-0.3, -0.25) is 9.40 Å². The Morgan fingerprint density at radius 1 is 0.958 bits per heavy atom. The first-order valence-electron chi connectivity index (χ1n) is 7.70. The third-order valence-corrected chi connectivity index (χ3v) is 4.97. The molecule has 3 aromatic rings. The minimum Gasteiger partial charge on any atom is -0.280 e. The highest BCUT2D eigenvalue weighted by Crippen LogP contribution is 2.28. The third-order valence-electron chi connectivity index (χ3n) is 3.59. The predicted molar refractivity (Wildman–Crippen MR) is 95.3 cm³/mol. The lowest BCUT2D eigenvalue weighted by Gasteiger charge is -2.07. The molecular weight excluding hydrogens is 322 g/mol. The number of nitrogens with one attached hydrogen (secondary N) is 1. The van der Waals surface area contributed by atoms with Crippen LogP contribution >= 0.6 is 0 Å². The number of anilines is 1. The van der Waals surface area contributed by atoms with E-state index >= 15 is 0 Å². The molecule has 3 rings (SSSR count). The fraction of sp³-hybridized carbons (Fsp3) is 0.167. The predicted octanol–water partition coefficient (Wildman–Crippen LogP) is 3.93. The SMILES string of the molecule is CC(C)n1cc(S(=O)(=O)Nc2ccccc2)c(-c2ccccc2)n1. The molecule has 0 saturated carbocycles. The zero-order valence-electron chi connectivity index (χ0n) is 13.5. The molecule has 1 aromatic heterocycles. The average Bonchev–Trinajstić information content (AvgIpc) is 3.03. The first-order valence-corrected chi connectivity index (χ1v) is 9.18. The van der Waals surface area contributed by atoms with Crippen LogP contribution < -0.4 is 4.72 Å². The van der Waals surface area contributed by atoms with Crippen LogP contribution in [-0.2, 0) is 10.0 Å². The Labute approximate surface area is 142 Å². The van der Waals surface area contributed by atoms with Crippen LogP contribution in [-0.4, -0.2) is 18.2 Å². The molecule has 6 heteroatoms. The maximum Gasteiger partial charge on any atom is 0.265 e. The summed E-state index contributed by atoms with van der Waals surface area (Å²) >= 11 is 0. The van der Waals surface area contributed by atoms with Crippen molar-refractivity contribution in [3.63, 3.8) is 0 Å². The van der Waals surface area contributed by atoms with Crippen LogP contribution in [0.4, 0.5) is 5.69 Å². The van der Waals surface area contributed by atoms with Crippen molar-refractivity contribution < 1.29 is 8.42 Å². The second kappa shape index (κ2) is 6.49. The van der Waals surface area contributed by atoms with Crippen LogP contribution in [0.5, 0.6) is 0 Å². The van der Waals surface area contributed by atoms with E-state index in [1.165, 1.54) is 0 Å². The Morgan fingerprint density at radius 3 is 2.12 bits per heavy atom. The lowest BCUT2D eigenvalue weighted by molar-refractivity contribution is 0.532. The highest BCUT2D eigenvalue weighted by atomic mass is 32.2. The molecule has 0 aliphatic rings. The molecule has 5 nitrogen and oxygen atoms in total. The maximum absolute atomic E-state index is 12.9. The number of rotatable bonds is 5. The number of benzene rings is 2. The maximum atomic E-state index is 12.9. The zero-order valence-corrected chi connectivity index (χ0v) is 14.4. The van der Waals surface area contributed by atoms with Crippen LogP contribution in [0, 0.1) is 0 Å². The third kappa shape index (κ3) is 3.33. The van der Waals surface area contributed by atoms with Crippen molar-refractivity contribution in [3.05, 3.63) is 66.9 Å².